The van der Waals surface area contributed by atoms with Gasteiger partial charge in [-0.1, -0.05) is 35.9 Å². The Morgan fingerprint density at radius 1 is 1.09 bits per heavy atom. The van der Waals surface area contributed by atoms with Crippen molar-refractivity contribution in [2.45, 2.75) is 44.9 Å². The number of methoxy groups -OCH3 is 1. The summed E-state index contributed by atoms with van der Waals surface area (Å²) in [7, 11) is 1.11. The monoisotopic (exact) mass is 472 g/mol. The topological polar surface area (TPSA) is 102 Å². The van der Waals surface area contributed by atoms with Crippen molar-refractivity contribution in [2.24, 2.45) is 0 Å². The van der Waals surface area contributed by atoms with E-state index >= 15 is 0 Å². The number of anilines is 1. The average molecular weight is 473 g/mol. The van der Waals surface area contributed by atoms with Crippen LogP contribution in [0.3, 0.4) is 0 Å². The molecule has 0 aliphatic carbocycles. The van der Waals surface area contributed by atoms with Crippen LogP contribution in [0.25, 0.3) is 0 Å². The standard InChI is InChI=1S/C24H25ClN2O6/c1-14(28)27-18-12-7-6-11-17(18)20(29)24(27,21(30)32-5)19(15-9-8-10-16(25)13-15)26-22(31)33-23(2,3)4/h6-13,19H,1-5H3,(H,26,31)/t19-,24+/m0/s1. The molecule has 0 radical (unpaired) electrons. The number of Topliss-reactive ketones (excluding diaryl/α,β-unsaturated/α-hetero) is 1. The summed E-state index contributed by atoms with van der Waals surface area (Å²) >= 11 is 6.20. The van der Waals surface area contributed by atoms with Crippen LogP contribution >= 0.6 is 11.6 Å². The summed E-state index contributed by atoms with van der Waals surface area (Å²) in [6.07, 6.45) is -0.886. The molecule has 0 aromatic heterocycles. The third-order valence-electron chi connectivity index (χ3n) is 5.16. The Balaban J connectivity index is 2.31. The highest BCUT2D eigenvalue weighted by Crippen LogP contribution is 2.46. The number of hydrogen-bond donors (Lipinski definition) is 1. The average Bonchev–Trinajstić information content (AvgIpc) is 3.00. The lowest BCUT2D eigenvalue weighted by Crippen LogP contribution is -2.66. The zero-order chi connectivity index (χ0) is 24.6. The molecule has 1 aliphatic heterocycles. The summed E-state index contributed by atoms with van der Waals surface area (Å²) in [4.78, 5) is 54.1. The lowest BCUT2D eigenvalue weighted by atomic mass is 9.80. The van der Waals surface area contributed by atoms with Crippen LogP contribution in [0.4, 0.5) is 10.5 Å². The number of nitrogens with zero attached hydrogens (tertiary/aromatic N) is 1. The van der Waals surface area contributed by atoms with E-state index in [-0.39, 0.29) is 11.3 Å². The van der Waals surface area contributed by atoms with E-state index in [0.717, 1.165) is 12.0 Å². The summed E-state index contributed by atoms with van der Waals surface area (Å²) < 4.78 is 10.5. The second-order valence-corrected chi connectivity index (χ2v) is 9.03. The maximum Gasteiger partial charge on any atom is 0.408 e. The number of fused-ring (bicyclic) bond motifs is 1. The molecule has 0 saturated heterocycles. The minimum absolute atomic E-state index is 0.149. The Morgan fingerprint density at radius 3 is 2.33 bits per heavy atom. The lowest BCUT2D eigenvalue weighted by Gasteiger charge is -2.40. The van der Waals surface area contributed by atoms with Gasteiger partial charge in [0, 0.05) is 17.5 Å². The molecule has 2 amide bonds. The number of rotatable bonds is 4. The quantitative estimate of drug-likeness (QED) is 0.531. The van der Waals surface area contributed by atoms with Gasteiger partial charge in [0.2, 0.25) is 17.2 Å². The van der Waals surface area contributed by atoms with Crippen molar-refractivity contribution in [1.82, 2.24) is 5.32 Å². The smallest absolute Gasteiger partial charge is 0.408 e. The first kappa shape index (κ1) is 24.3. The van der Waals surface area contributed by atoms with Crippen LogP contribution in [0.2, 0.25) is 5.02 Å². The Morgan fingerprint density at radius 2 is 1.76 bits per heavy atom. The zero-order valence-electron chi connectivity index (χ0n) is 19.0. The van der Waals surface area contributed by atoms with E-state index in [9.17, 15) is 19.2 Å². The van der Waals surface area contributed by atoms with Gasteiger partial charge in [-0.15, -0.1) is 0 Å². The molecule has 1 heterocycles. The number of carbonyl (C=O) groups is 4. The van der Waals surface area contributed by atoms with Crippen molar-refractivity contribution in [1.29, 1.82) is 0 Å². The fourth-order valence-electron chi connectivity index (χ4n) is 4.03. The molecule has 2 atom stereocenters. The summed E-state index contributed by atoms with van der Waals surface area (Å²) in [6.45, 7) is 6.26. The first-order chi connectivity index (χ1) is 15.4. The van der Waals surface area contributed by atoms with Gasteiger partial charge in [0.25, 0.3) is 0 Å². The Kier molecular flexibility index (Phi) is 6.51. The summed E-state index contributed by atoms with van der Waals surface area (Å²) in [5, 5.41) is 2.94. The van der Waals surface area contributed by atoms with Gasteiger partial charge in [-0.2, -0.15) is 0 Å². The third-order valence-corrected chi connectivity index (χ3v) is 5.40. The maximum absolute atomic E-state index is 13.9. The van der Waals surface area contributed by atoms with E-state index in [4.69, 9.17) is 21.1 Å². The molecular formula is C24H25ClN2O6. The number of esters is 1. The van der Waals surface area contributed by atoms with Crippen LogP contribution in [0.5, 0.6) is 0 Å². The van der Waals surface area contributed by atoms with Gasteiger partial charge < -0.3 is 14.8 Å². The zero-order valence-corrected chi connectivity index (χ0v) is 19.7. The van der Waals surface area contributed by atoms with Crippen LogP contribution < -0.4 is 10.2 Å². The minimum Gasteiger partial charge on any atom is -0.467 e. The number of ketones is 1. The normalized spacial score (nSPS) is 18.4. The van der Waals surface area contributed by atoms with Crippen molar-refractivity contribution in [3.8, 4) is 0 Å². The second-order valence-electron chi connectivity index (χ2n) is 8.59. The molecule has 0 spiro atoms. The van der Waals surface area contributed by atoms with E-state index in [0.29, 0.717) is 10.6 Å². The van der Waals surface area contributed by atoms with Crippen LogP contribution in [0.1, 0.15) is 49.7 Å². The van der Waals surface area contributed by atoms with Crippen LogP contribution in [-0.2, 0) is 19.1 Å². The fourth-order valence-corrected chi connectivity index (χ4v) is 4.23. The molecule has 8 nitrogen and oxygen atoms in total. The van der Waals surface area contributed by atoms with Crippen molar-refractivity contribution < 1.29 is 28.7 Å². The predicted octanol–water partition coefficient (Wildman–Crippen LogP) is 4.07. The van der Waals surface area contributed by atoms with Gasteiger partial charge in [0.1, 0.15) is 5.60 Å². The number of carbonyl (C=O) groups excluding carboxylic acids is 4. The molecule has 0 bridgehead atoms. The number of benzene rings is 2. The van der Waals surface area contributed by atoms with Crippen molar-refractivity contribution in [2.75, 3.05) is 12.0 Å². The number of hydrogen-bond acceptors (Lipinski definition) is 6. The van der Waals surface area contributed by atoms with Gasteiger partial charge in [-0.05, 0) is 50.6 Å². The van der Waals surface area contributed by atoms with E-state index in [1.807, 2.05) is 0 Å². The highest BCUT2D eigenvalue weighted by molar-refractivity contribution is 6.31. The Bertz CT molecular complexity index is 1130. The van der Waals surface area contributed by atoms with E-state index < -0.39 is 40.9 Å². The highest BCUT2D eigenvalue weighted by Gasteiger charge is 2.65. The molecule has 9 heteroatoms. The molecule has 2 aromatic rings. The van der Waals surface area contributed by atoms with E-state index in [1.54, 1.807) is 57.2 Å². The molecule has 0 unspecified atom stereocenters. The predicted molar refractivity (Wildman–Crippen MR) is 122 cm³/mol. The maximum atomic E-state index is 13.9. The second kappa shape index (κ2) is 8.86. The van der Waals surface area contributed by atoms with E-state index in [1.165, 1.54) is 19.1 Å². The number of amides is 2. The largest absolute Gasteiger partial charge is 0.467 e. The van der Waals surface area contributed by atoms with Gasteiger partial charge in [0.15, 0.2) is 0 Å². The molecule has 174 valence electrons. The number of halogens is 1. The van der Waals surface area contributed by atoms with Crippen molar-refractivity contribution >= 4 is 41.0 Å². The summed E-state index contributed by atoms with van der Waals surface area (Å²) in [6, 6.07) is 11.3. The number of nitrogens with one attached hydrogen (secondary N) is 1. The summed E-state index contributed by atoms with van der Waals surface area (Å²) in [5.41, 5.74) is -2.42. The molecule has 1 N–H and O–H groups in total. The van der Waals surface area contributed by atoms with Crippen LogP contribution in [0, 0.1) is 0 Å². The van der Waals surface area contributed by atoms with Crippen molar-refractivity contribution in [3.63, 3.8) is 0 Å². The molecule has 1 aliphatic rings. The number of ether oxygens (including phenoxy) is 2. The highest BCUT2D eigenvalue weighted by atomic mass is 35.5. The first-order valence-electron chi connectivity index (χ1n) is 10.2. The Labute approximate surface area is 196 Å². The summed E-state index contributed by atoms with van der Waals surface area (Å²) in [5.74, 6) is -2.29. The molecule has 3 rings (SSSR count). The molecule has 0 saturated carbocycles. The van der Waals surface area contributed by atoms with Crippen LogP contribution in [0.15, 0.2) is 48.5 Å². The SMILES string of the molecule is COC(=O)[C@@]1([C@@H](NC(=O)OC(C)(C)C)c2cccc(Cl)c2)C(=O)c2ccccc2N1C(C)=O. The van der Waals surface area contributed by atoms with Gasteiger partial charge in [0.05, 0.1) is 18.8 Å². The first-order valence-corrected chi connectivity index (χ1v) is 10.6. The Hall–Kier alpha value is -3.39. The lowest BCUT2D eigenvalue weighted by molar-refractivity contribution is -0.147. The third kappa shape index (κ3) is 4.30. The molecule has 33 heavy (non-hydrogen) atoms. The van der Waals surface area contributed by atoms with E-state index in [2.05, 4.69) is 5.32 Å². The molecule has 0 fully saturated rings. The molecule has 2 aromatic carbocycles. The minimum atomic E-state index is -2.26. The fraction of sp³-hybridized carbons (Fsp3) is 0.333. The van der Waals surface area contributed by atoms with Gasteiger partial charge in [-0.25, -0.2) is 9.59 Å². The van der Waals surface area contributed by atoms with Crippen LogP contribution in [-0.4, -0.2) is 42.0 Å². The van der Waals surface area contributed by atoms with Gasteiger partial charge in [-0.3, -0.25) is 14.5 Å². The van der Waals surface area contributed by atoms with Gasteiger partial charge >= 0.3 is 12.1 Å². The number of alkyl carbamates (subject to hydrolysis) is 1. The molecular weight excluding hydrogens is 448 g/mol. The van der Waals surface area contributed by atoms with Crippen molar-refractivity contribution in [3.05, 3.63) is 64.7 Å². The number of para-hydroxylation sites is 1.